The number of urea groups is 2. The fourth-order valence-corrected chi connectivity index (χ4v) is 4.61. The summed E-state index contributed by atoms with van der Waals surface area (Å²) in [5.74, 6) is 0. The highest BCUT2D eigenvalue weighted by Crippen LogP contribution is 2.22. The molecule has 0 unspecified atom stereocenters. The Hall–Kier alpha value is -5.34. The van der Waals surface area contributed by atoms with E-state index in [-0.39, 0.29) is 26.3 Å². The highest BCUT2D eigenvalue weighted by molar-refractivity contribution is 5.93. The predicted octanol–water partition coefficient (Wildman–Crippen LogP) is 7.68. The van der Waals surface area contributed by atoms with Crippen LogP contribution in [0.2, 0.25) is 0 Å². The molecular formula is C38H52N6O8. The van der Waals surface area contributed by atoms with Gasteiger partial charge in [-0.15, -0.1) is 0 Å². The van der Waals surface area contributed by atoms with Crippen molar-refractivity contribution in [2.24, 2.45) is 0 Å². The molecule has 14 nitrogen and oxygen atoms in total. The maximum Gasteiger partial charge on any atom is 0.411 e. The van der Waals surface area contributed by atoms with Gasteiger partial charge in [0.1, 0.15) is 13.2 Å². The lowest BCUT2D eigenvalue weighted by atomic mass is 10.1. The monoisotopic (exact) mass is 720 g/mol. The maximum absolute atomic E-state index is 12.7. The molecule has 0 fully saturated rings. The van der Waals surface area contributed by atoms with Gasteiger partial charge < -0.3 is 40.2 Å². The van der Waals surface area contributed by atoms with Gasteiger partial charge in [0.05, 0.1) is 13.2 Å². The summed E-state index contributed by atoms with van der Waals surface area (Å²) in [4.78, 5) is 49.8. The molecule has 52 heavy (non-hydrogen) atoms. The summed E-state index contributed by atoms with van der Waals surface area (Å²) >= 11 is 0. The van der Waals surface area contributed by atoms with Crippen molar-refractivity contribution in [1.82, 2.24) is 10.6 Å². The van der Waals surface area contributed by atoms with Crippen molar-refractivity contribution in [3.8, 4) is 0 Å². The first kappa shape index (κ1) is 41.1. The minimum Gasteiger partial charge on any atom is -0.447 e. The highest BCUT2D eigenvalue weighted by atomic mass is 16.6. The van der Waals surface area contributed by atoms with Gasteiger partial charge in [-0.2, -0.15) is 0 Å². The van der Waals surface area contributed by atoms with E-state index in [4.69, 9.17) is 18.9 Å². The fraction of sp³-hybridized carbons (Fsp3) is 0.421. The average Bonchev–Trinajstić information content (AvgIpc) is 3.12. The number of aryl methyl sites for hydroxylation is 2. The van der Waals surface area contributed by atoms with E-state index in [1.165, 1.54) is 0 Å². The van der Waals surface area contributed by atoms with Crippen molar-refractivity contribution < 1.29 is 38.1 Å². The molecule has 0 spiro atoms. The fourth-order valence-electron chi connectivity index (χ4n) is 4.61. The third-order valence-corrected chi connectivity index (χ3v) is 7.57. The molecule has 3 aromatic rings. The van der Waals surface area contributed by atoms with Gasteiger partial charge >= 0.3 is 24.2 Å². The zero-order valence-corrected chi connectivity index (χ0v) is 30.5. The molecule has 3 aromatic carbocycles. The molecule has 282 valence electrons. The van der Waals surface area contributed by atoms with Crippen LogP contribution >= 0.6 is 0 Å². The number of hydrogen-bond acceptors (Lipinski definition) is 8. The van der Waals surface area contributed by atoms with Crippen molar-refractivity contribution in [2.75, 3.05) is 60.9 Å². The van der Waals surface area contributed by atoms with Crippen LogP contribution in [0.4, 0.5) is 41.9 Å². The average molecular weight is 721 g/mol. The van der Waals surface area contributed by atoms with E-state index in [0.29, 0.717) is 49.2 Å². The van der Waals surface area contributed by atoms with E-state index in [9.17, 15) is 19.2 Å². The summed E-state index contributed by atoms with van der Waals surface area (Å²) in [7, 11) is 0. The summed E-state index contributed by atoms with van der Waals surface area (Å²) in [6.07, 6.45) is 2.76. The lowest BCUT2D eigenvalue weighted by Crippen LogP contribution is -2.29. The second-order valence-corrected chi connectivity index (χ2v) is 11.9. The molecule has 0 saturated carbocycles. The SMILES string of the molecule is CCCCOCCOC(=O)Nc1ccc(C)c(NC(=O)NCc2cccc(CNC(=O)Nc3cc(NC(=O)OCCOCCCC)ccc3C)c2)c1. The molecule has 0 atom stereocenters. The van der Waals surface area contributed by atoms with E-state index >= 15 is 0 Å². The van der Waals surface area contributed by atoms with Gasteiger partial charge in [-0.25, -0.2) is 19.2 Å². The summed E-state index contributed by atoms with van der Waals surface area (Å²) in [5.41, 5.74) is 5.29. The number of amides is 6. The molecule has 14 heteroatoms. The standard InChI is InChI=1S/C38H52N6O8/c1-5-7-16-49-18-20-51-37(47)41-31-14-12-27(3)33(23-31)43-35(45)39-25-29-10-9-11-30(22-29)26-40-36(46)44-34-24-32(15-13-28(34)4)42-38(48)52-21-19-50-17-8-6-2/h9-15,22-24H,5-8,16-21,25-26H2,1-4H3,(H,41,47)(H,42,48)(H2,39,43,45)(H2,40,44,46). The van der Waals surface area contributed by atoms with Gasteiger partial charge in [0, 0.05) is 49.1 Å². The van der Waals surface area contributed by atoms with Crippen LogP contribution in [-0.4, -0.2) is 63.9 Å². The maximum atomic E-state index is 12.7. The normalized spacial score (nSPS) is 10.5. The molecule has 3 rings (SSSR count). The Balaban J connectivity index is 1.42. The number of unbranched alkanes of at least 4 members (excludes halogenated alkanes) is 2. The minimum atomic E-state index is -0.610. The van der Waals surface area contributed by atoms with Crippen LogP contribution in [0.15, 0.2) is 60.7 Å². The molecule has 6 N–H and O–H groups in total. The molecule has 0 aliphatic rings. The summed E-state index contributed by atoms with van der Waals surface area (Å²) in [6.45, 7) is 10.5. The molecule has 6 amide bonds. The molecular weight excluding hydrogens is 668 g/mol. The first-order chi connectivity index (χ1) is 25.2. The smallest absolute Gasteiger partial charge is 0.411 e. The van der Waals surface area contributed by atoms with Gasteiger partial charge in [-0.05, 0) is 73.2 Å². The van der Waals surface area contributed by atoms with Gasteiger partial charge in [0.2, 0.25) is 0 Å². The Morgan fingerprint density at radius 1 is 0.538 bits per heavy atom. The van der Waals surface area contributed by atoms with Gasteiger partial charge in [0.25, 0.3) is 0 Å². The third-order valence-electron chi connectivity index (χ3n) is 7.57. The Morgan fingerprint density at radius 2 is 0.981 bits per heavy atom. The lowest BCUT2D eigenvalue weighted by molar-refractivity contribution is 0.0767. The largest absolute Gasteiger partial charge is 0.447 e. The molecule has 0 radical (unpaired) electrons. The second-order valence-electron chi connectivity index (χ2n) is 11.9. The van der Waals surface area contributed by atoms with Crippen LogP contribution in [0.1, 0.15) is 61.8 Å². The Morgan fingerprint density at radius 3 is 1.40 bits per heavy atom. The van der Waals surface area contributed by atoms with Crippen LogP contribution in [-0.2, 0) is 32.0 Å². The van der Waals surface area contributed by atoms with Crippen LogP contribution in [0.25, 0.3) is 0 Å². The van der Waals surface area contributed by atoms with E-state index in [1.807, 2.05) is 38.1 Å². The zero-order chi connectivity index (χ0) is 37.6. The van der Waals surface area contributed by atoms with E-state index in [1.54, 1.807) is 36.4 Å². The minimum absolute atomic E-state index is 0.142. The zero-order valence-electron chi connectivity index (χ0n) is 30.5. The highest BCUT2D eigenvalue weighted by Gasteiger charge is 2.11. The van der Waals surface area contributed by atoms with Gasteiger partial charge in [0.15, 0.2) is 0 Å². The Bertz CT molecular complexity index is 1490. The number of nitrogens with one attached hydrogen (secondary N) is 6. The summed E-state index contributed by atoms with van der Waals surface area (Å²) < 4.78 is 21.1. The molecule has 0 heterocycles. The first-order valence-corrected chi connectivity index (χ1v) is 17.6. The molecule has 0 aliphatic heterocycles. The quantitative estimate of drug-likeness (QED) is 0.0644. The van der Waals surface area contributed by atoms with Crippen LogP contribution in [0, 0.1) is 13.8 Å². The Labute approximate surface area is 305 Å². The number of carbonyl (C=O) groups is 4. The van der Waals surface area contributed by atoms with Crippen molar-refractivity contribution in [1.29, 1.82) is 0 Å². The Kier molecular flexibility index (Phi) is 18.3. The molecule has 0 aliphatic carbocycles. The molecule has 0 saturated heterocycles. The summed E-state index contributed by atoms with van der Waals surface area (Å²) in [5, 5.41) is 16.6. The number of benzene rings is 3. The van der Waals surface area contributed by atoms with E-state index < -0.39 is 24.2 Å². The van der Waals surface area contributed by atoms with Crippen molar-refractivity contribution >= 4 is 47.0 Å². The molecule has 0 bridgehead atoms. The lowest BCUT2D eigenvalue weighted by Gasteiger charge is -2.14. The first-order valence-electron chi connectivity index (χ1n) is 17.6. The topological polar surface area (TPSA) is 177 Å². The predicted molar refractivity (Wildman–Crippen MR) is 202 cm³/mol. The third kappa shape index (κ3) is 16.1. The van der Waals surface area contributed by atoms with Gasteiger partial charge in [-0.1, -0.05) is 63.1 Å². The molecule has 0 aromatic heterocycles. The van der Waals surface area contributed by atoms with Crippen LogP contribution in [0.3, 0.4) is 0 Å². The van der Waals surface area contributed by atoms with Crippen LogP contribution in [0.5, 0.6) is 0 Å². The summed E-state index contributed by atoms with van der Waals surface area (Å²) in [6, 6.07) is 16.9. The van der Waals surface area contributed by atoms with Crippen molar-refractivity contribution in [3.05, 3.63) is 82.9 Å². The number of anilines is 4. The number of ether oxygens (including phenoxy) is 4. The second kappa shape index (κ2) is 23.2. The number of rotatable bonds is 20. The van der Waals surface area contributed by atoms with E-state index in [2.05, 4.69) is 45.7 Å². The van der Waals surface area contributed by atoms with Crippen molar-refractivity contribution in [2.45, 2.75) is 66.5 Å². The van der Waals surface area contributed by atoms with Gasteiger partial charge in [-0.3, -0.25) is 10.6 Å². The van der Waals surface area contributed by atoms with Crippen molar-refractivity contribution in [3.63, 3.8) is 0 Å². The van der Waals surface area contributed by atoms with Crippen LogP contribution < -0.4 is 31.9 Å². The number of hydrogen-bond donors (Lipinski definition) is 6. The number of carbonyl (C=O) groups excluding carboxylic acids is 4. The van der Waals surface area contributed by atoms with E-state index in [0.717, 1.165) is 47.9 Å².